The minimum absolute atomic E-state index is 0.0515. The van der Waals surface area contributed by atoms with Gasteiger partial charge in [0.2, 0.25) is 0 Å². The molecule has 160 valence electrons. The molecule has 2 aliphatic heterocycles. The minimum Gasteiger partial charge on any atom is -0.467 e. The van der Waals surface area contributed by atoms with Gasteiger partial charge in [-0.3, -0.25) is 4.55 Å². The second-order valence-electron chi connectivity index (χ2n) is 6.36. The van der Waals surface area contributed by atoms with E-state index in [2.05, 4.69) is 9.38 Å². The van der Waals surface area contributed by atoms with E-state index >= 15 is 0 Å². The van der Waals surface area contributed by atoms with Gasteiger partial charge < -0.3 is 9.64 Å². The van der Waals surface area contributed by atoms with Crippen LogP contribution in [-0.2, 0) is 34.2 Å². The monoisotopic (exact) mass is 458 g/mol. The van der Waals surface area contributed by atoms with E-state index in [0.717, 1.165) is 18.2 Å². The van der Waals surface area contributed by atoms with E-state index in [1.807, 2.05) is 0 Å². The highest BCUT2D eigenvalue weighted by Gasteiger charge is 2.54. The molecule has 1 aromatic heterocycles. The molecule has 0 radical (unpaired) electrons. The second kappa shape index (κ2) is 6.76. The van der Waals surface area contributed by atoms with Crippen molar-refractivity contribution >= 4 is 32.4 Å². The van der Waals surface area contributed by atoms with Gasteiger partial charge in [0.25, 0.3) is 10.0 Å². The van der Waals surface area contributed by atoms with Crippen LogP contribution in [0.25, 0.3) is 0 Å². The van der Waals surface area contributed by atoms with Gasteiger partial charge in [-0.15, -0.1) is 4.28 Å². The summed E-state index contributed by atoms with van der Waals surface area (Å²) >= 11 is 0. The Morgan fingerprint density at radius 2 is 1.87 bits per heavy atom. The van der Waals surface area contributed by atoms with E-state index in [1.165, 1.54) is 24.3 Å². The van der Waals surface area contributed by atoms with Crippen molar-refractivity contribution in [3.63, 3.8) is 0 Å². The van der Waals surface area contributed by atoms with Crippen LogP contribution in [0.1, 0.15) is 23.3 Å². The Kier molecular flexibility index (Phi) is 4.57. The van der Waals surface area contributed by atoms with Crippen molar-refractivity contribution in [3.8, 4) is 0 Å². The second-order valence-corrected chi connectivity index (χ2v) is 9.17. The summed E-state index contributed by atoms with van der Waals surface area (Å²) in [5.41, 5.74) is -0.0666. The van der Waals surface area contributed by atoms with Crippen molar-refractivity contribution in [2.75, 3.05) is 13.7 Å². The molecule has 4 rings (SSSR count). The Morgan fingerprint density at radius 1 is 1.20 bits per heavy atom. The van der Waals surface area contributed by atoms with E-state index in [4.69, 9.17) is 9.29 Å². The number of esters is 1. The summed E-state index contributed by atoms with van der Waals surface area (Å²) in [5, 5.41) is 4.34. The van der Waals surface area contributed by atoms with Crippen LogP contribution in [0.5, 0.6) is 0 Å². The highest BCUT2D eigenvalue weighted by molar-refractivity contribution is 7.89. The molecule has 2 aliphatic rings. The lowest BCUT2D eigenvalue weighted by molar-refractivity contribution is -0.146. The van der Waals surface area contributed by atoms with Crippen LogP contribution < -0.4 is 0 Å². The normalized spacial score (nSPS) is 20.9. The van der Waals surface area contributed by atoms with Gasteiger partial charge in [-0.1, -0.05) is 18.2 Å². The molecule has 2 bridgehead atoms. The molecular formula is C15H14N4O9S2. The number of carbonyl (C=O) groups is 2. The van der Waals surface area contributed by atoms with Crippen LogP contribution in [0.15, 0.2) is 41.4 Å². The molecule has 0 spiro atoms. The third kappa shape index (κ3) is 3.11. The molecule has 1 saturated heterocycles. The van der Waals surface area contributed by atoms with Gasteiger partial charge in [0.05, 0.1) is 18.6 Å². The summed E-state index contributed by atoms with van der Waals surface area (Å²) in [6.45, 7) is -0.224. The van der Waals surface area contributed by atoms with Gasteiger partial charge in [0.1, 0.15) is 11.7 Å². The van der Waals surface area contributed by atoms with Gasteiger partial charge in [-0.25, -0.2) is 9.59 Å². The molecule has 13 nitrogen and oxygen atoms in total. The summed E-state index contributed by atoms with van der Waals surface area (Å²) in [6.07, 6.45) is 1.06. The van der Waals surface area contributed by atoms with Crippen LogP contribution in [0, 0.1) is 0 Å². The van der Waals surface area contributed by atoms with E-state index in [1.54, 1.807) is 6.07 Å². The fourth-order valence-corrected chi connectivity index (χ4v) is 4.93. The molecule has 1 fully saturated rings. The zero-order valence-electron chi connectivity index (χ0n) is 15.1. The number of fused-ring (bicyclic) bond motifs is 4. The first-order valence-electron chi connectivity index (χ1n) is 8.29. The Hall–Kier alpha value is -3.01. The number of methoxy groups -OCH3 is 1. The Morgan fingerprint density at radius 3 is 2.47 bits per heavy atom. The molecule has 15 heteroatoms. The van der Waals surface area contributed by atoms with Crippen molar-refractivity contribution in [1.29, 1.82) is 0 Å². The lowest BCUT2D eigenvalue weighted by atomic mass is 9.98. The van der Waals surface area contributed by atoms with Gasteiger partial charge in [-0.2, -0.15) is 31.1 Å². The van der Waals surface area contributed by atoms with Gasteiger partial charge in [0, 0.05) is 11.8 Å². The first-order chi connectivity index (χ1) is 14.0. The zero-order valence-corrected chi connectivity index (χ0v) is 16.8. The number of hydrogen-bond donors (Lipinski definition) is 1. The van der Waals surface area contributed by atoms with E-state index in [9.17, 15) is 26.4 Å². The molecule has 2 amide bonds. The van der Waals surface area contributed by atoms with Crippen LogP contribution in [0.4, 0.5) is 4.79 Å². The molecule has 2 aromatic rings. The van der Waals surface area contributed by atoms with Crippen LogP contribution in [0.2, 0.25) is 0 Å². The SMILES string of the molecule is COC(=O)[C@@H]1c2nn(S(=O)(=O)c3ccccc3)cc2[C@H]2CN1C(=O)N2OS(=O)(=O)O. The number of rotatable bonds is 5. The van der Waals surface area contributed by atoms with Gasteiger partial charge >= 0.3 is 22.4 Å². The molecule has 0 unspecified atom stereocenters. The quantitative estimate of drug-likeness (QED) is 0.471. The van der Waals surface area contributed by atoms with Crippen LogP contribution in [0.3, 0.4) is 0 Å². The zero-order chi connectivity index (χ0) is 21.8. The lowest BCUT2D eigenvalue weighted by Crippen LogP contribution is -2.39. The van der Waals surface area contributed by atoms with Gasteiger partial charge in [-0.05, 0) is 12.1 Å². The molecule has 3 heterocycles. The lowest BCUT2D eigenvalue weighted by Gasteiger charge is -2.27. The van der Waals surface area contributed by atoms with Crippen LogP contribution in [-0.4, -0.2) is 66.2 Å². The Labute approximate surface area is 170 Å². The third-order valence-corrected chi connectivity index (χ3v) is 6.55. The van der Waals surface area contributed by atoms with Crippen LogP contribution >= 0.6 is 0 Å². The number of ether oxygens (including phenoxy) is 1. The molecule has 0 aliphatic carbocycles. The molecule has 0 saturated carbocycles. The maximum absolute atomic E-state index is 12.9. The highest BCUT2D eigenvalue weighted by atomic mass is 32.3. The summed E-state index contributed by atoms with van der Waals surface area (Å²) in [6, 6.07) is 3.74. The van der Waals surface area contributed by atoms with Crippen molar-refractivity contribution < 1.29 is 40.0 Å². The fraction of sp³-hybridized carbons (Fsp3) is 0.267. The van der Waals surface area contributed by atoms with E-state index in [-0.39, 0.29) is 22.7 Å². The summed E-state index contributed by atoms with van der Waals surface area (Å²) in [5.74, 6) is -0.917. The van der Waals surface area contributed by atoms with Crippen molar-refractivity contribution in [2.45, 2.75) is 17.0 Å². The molecular weight excluding hydrogens is 444 g/mol. The number of nitrogens with zero attached hydrogens (tertiary/aromatic N) is 4. The number of amides is 2. The van der Waals surface area contributed by atoms with Crippen molar-refractivity contribution in [2.24, 2.45) is 0 Å². The maximum Gasteiger partial charge on any atom is 0.418 e. The van der Waals surface area contributed by atoms with Crippen molar-refractivity contribution in [1.82, 2.24) is 19.1 Å². The molecule has 1 N–H and O–H groups in total. The summed E-state index contributed by atoms with van der Waals surface area (Å²) in [7, 11) is -8.15. The number of aromatic nitrogens is 2. The first kappa shape index (κ1) is 20.3. The predicted molar refractivity (Wildman–Crippen MR) is 95.3 cm³/mol. The largest absolute Gasteiger partial charge is 0.467 e. The van der Waals surface area contributed by atoms with Gasteiger partial charge in [0.15, 0.2) is 6.04 Å². The molecule has 1 aromatic carbocycles. The molecule has 2 atom stereocenters. The molecule has 30 heavy (non-hydrogen) atoms. The maximum atomic E-state index is 12.9. The Balaban J connectivity index is 1.86. The third-order valence-electron chi connectivity index (χ3n) is 4.65. The smallest absolute Gasteiger partial charge is 0.418 e. The topological polar surface area (TPSA) is 165 Å². The number of hydrogen-bond acceptors (Lipinski definition) is 9. The van der Waals surface area contributed by atoms with E-state index < -0.39 is 44.5 Å². The minimum atomic E-state index is -5.07. The fourth-order valence-electron chi connectivity index (χ4n) is 3.39. The van der Waals surface area contributed by atoms with E-state index in [0.29, 0.717) is 9.15 Å². The number of benzene rings is 1. The van der Waals surface area contributed by atoms with Crippen molar-refractivity contribution in [3.05, 3.63) is 47.8 Å². The average Bonchev–Trinajstić information content (AvgIpc) is 3.25. The summed E-state index contributed by atoms with van der Waals surface area (Å²) in [4.78, 5) is 25.7. The Bertz CT molecular complexity index is 1240. The number of urea groups is 1. The average molecular weight is 458 g/mol. The summed E-state index contributed by atoms with van der Waals surface area (Å²) < 4.78 is 66.8. The number of carbonyl (C=O) groups excluding carboxylic acids is 2. The first-order valence-corrected chi connectivity index (χ1v) is 11.1. The predicted octanol–water partition coefficient (Wildman–Crippen LogP) is -0.139. The standard InChI is InChI=1S/C15H14N4O9S2/c1-27-14(20)13-12-10(11-8-17(13)15(21)19(11)28-30(24,25)26)7-18(16-12)29(22,23)9-5-3-2-4-6-9/h2-7,11,13H,8H2,1H3,(H,24,25,26)/t11-,13+/m1/s1. The number of hydroxylamine groups is 2. The highest BCUT2D eigenvalue weighted by Crippen LogP contribution is 2.44.